The fourth-order valence-electron chi connectivity index (χ4n) is 1.93. The summed E-state index contributed by atoms with van der Waals surface area (Å²) in [6.07, 6.45) is 6.39. The molecule has 0 unspecified atom stereocenters. The molecule has 0 aromatic carbocycles. The van der Waals surface area contributed by atoms with E-state index in [0.29, 0.717) is 0 Å². The maximum absolute atomic E-state index is 5.40. The molecule has 0 atom stereocenters. The molecule has 0 aromatic heterocycles. The number of hydrogen-bond donors (Lipinski definition) is 0. The smallest absolute Gasteiger partial charge is 0.104 e. The summed E-state index contributed by atoms with van der Waals surface area (Å²) in [6, 6.07) is 0. The van der Waals surface area contributed by atoms with Gasteiger partial charge in [-0.25, -0.2) is 0 Å². The van der Waals surface area contributed by atoms with E-state index in [1.54, 1.807) is 0 Å². The van der Waals surface area contributed by atoms with Crippen molar-refractivity contribution < 1.29 is 4.74 Å². The second-order valence-electron chi connectivity index (χ2n) is 3.82. The van der Waals surface area contributed by atoms with Crippen LogP contribution >= 0.6 is 0 Å². The van der Waals surface area contributed by atoms with Crippen LogP contribution in [0.25, 0.3) is 0 Å². The Morgan fingerprint density at radius 3 is 2.38 bits per heavy atom. The third kappa shape index (κ3) is 3.56. The molecule has 0 saturated carbocycles. The zero-order valence-electron chi connectivity index (χ0n) is 10.8. The molecule has 1 saturated heterocycles. The van der Waals surface area contributed by atoms with Gasteiger partial charge in [0.15, 0.2) is 0 Å². The summed E-state index contributed by atoms with van der Waals surface area (Å²) >= 11 is 0. The Kier molecular flexibility index (Phi) is 6.01. The molecule has 1 aliphatic heterocycles. The van der Waals surface area contributed by atoms with Gasteiger partial charge in [0, 0.05) is 26.2 Å². The average molecular weight is 224 g/mol. The van der Waals surface area contributed by atoms with Crippen molar-refractivity contribution in [2.45, 2.75) is 20.8 Å². The summed E-state index contributed by atoms with van der Waals surface area (Å²) in [5, 5.41) is 0. The molecule has 1 aliphatic rings. The fraction of sp³-hybridized carbons (Fsp3) is 0.692. The summed E-state index contributed by atoms with van der Waals surface area (Å²) in [4.78, 5) is 4.81. The van der Waals surface area contributed by atoms with E-state index in [4.69, 9.17) is 4.74 Å². The Morgan fingerprint density at radius 2 is 1.88 bits per heavy atom. The number of nitrogens with zero attached hydrogens (tertiary/aromatic N) is 2. The van der Waals surface area contributed by atoms with Crippen LogP contribution < -0.4 is 0 Å². The van der Waals surface area contributed by atoms with Gasteiger partial charge in [0.05, 0.1) is 13.2 Å². The van der Waals surface area contributed by atoms with Gasteiger partial charge >= 0.3 is 0 Å². The summed E-state index contributed by atoms with van der Waals surface area (Å²) in [7, 11) is 0. The number of morpholine rings is 1. The quantitative estimate of drug-likeness (QED) is 0.665. The summed E-state index contributed by atoms with van der Waals surface area (Å²) in [6.45, 7) is 12.2. The van der Waals surface area contributed by atoms with Crippen molar-refractivity contribution in [2.24, 2.45) is 0 Å². The van der Waals surface area contributed by atoms with Gasteiger partial charge in [0.25, 0.3) is 0 Å². The van der Waals surface area contributed by atoms with Gasteiger partial charge in [0.1, 0.15) is 5.82 Å². The third-order valence-electron chi connectivity index (χ3n) is 2.86. The van der Waals surface area contributed by atoms with Crippen molar-refractivity contribution in [1.82, 2.24) is 9.80 Å². The highest BCUT2D eigenvalue weighted by atomic mass is 16.5. The van der Waals surface area contributed by atoms with Crippen molar-refractivity contribution >= 4 is 0 Å². The van der Waals surface area contributed by atoms with Crippen molar-refractivity contribution in [3.8, 4) is 0 Å². The summed E-state index contributed by atoms with van der Waals surface area (Å²) < 4.78 is 5.40. The molecule has 3 heteroatoms. The minimum Gasteiger partial charge on any atom is -0.378 e. The first kappa shape index (κ1) is 13.1. The predicted octanol–water partition coefficient (Wildman–Crippen LogP) is 2.08. The lowest BCUT2D eigenvalue weighted by Crippen LogP contribution is -2.42. The Hall–Kier alpha value is -0.960. The van der Waals surface area contributed by atoms with Crippen molar-refractivity contribution in [3.63, 3.8) is 0 Å². The minimum absolute atomic E-state index is 0.842. The highest BCUT2D eigenvalue weighted by Gasteiger charge is 2.16. The van der Waals surface area contributed by atoms with Gasteiger partial charge in [0.2, 0.25) is 0 Å². The van der Waals surface area contributed by atoms with Crippen LogP contribution in [-0.4, -0.2) is 49.2 Å². The minimum atomic E-state index is 0.842. The Balaban J connectivity index is 2.76. The normalized spacial score (nSPS) is 18.2. The molecular formula is C13H24N2O. The van der Waals surface area contributed by atoms with E-state index in [-0.39, 0.29) is 0 Å². The van der Waals surface area contributed by atoms with Crippen LogP contribution in [-0.2, 0) is 4.74 Å². The second kappa shape index (κ2) is 7.34. The lowest BCUT2D eigenvalue weighted by molar-refractivity contribution is 0.0386. The summed E-state index contributed by atoms with van der Waals surface area (Å²) in [5.74, 6) is 1.33. The highest BCUT2D eigenvalue weighted by molar-refractivity contribution is 5.11. The first-order valence-electron chi connectivity index (χ1n) is 6.24. The maximum Gasteiger partial charge on any atom is 0.104 e. The molecule has 92 valence electrons. The zero-order chi connectivity index (χ0) is 11.8. The highest BCUT2D eigenvalue weighted by Crippen LogP contribution is 2.13. The molecule has 1 rings (SSSR count). The first-order valence-corrected chi connectivity index (χ1v) is 6.24. The Bertz CT molecular complexity index is 238. The van der Waals surface area contributed by atoms with Gasteiger partial charge in [-0.05, 0) is 26.8 Å². The van der Waals surface area contributed by atoms with Gasteiger partial charge in [-0.2, -0.15) is 0 Å². The van der Waals surface area contributed by atoms with E-state index < -0.39 is 0 Å². The van der Waals surface area contributed by atoms with Crippen LogP contribution in [0.3, 0.4) is 0 Å². The zero-order valence-corrected chi connectivity index (χ0v) is 10.8. The van der Waals surface area contributed by atoms with Crippen molar-refractivity contribution in [2.75, 3.05) is 39.4 Å². The molecule has 0 N–H and O–H groups in total. The molecule has 0 radical (unpaired) electrons. The predicted molar refractivity (Wildman–Crippen MR) is 68.2 cm³/mol. The Morgan fingerprint density at radius 1 is 1.25 bits per heavy atom. The van der Waals surface area contributed by atoms with Crippen LogP contribution in [0.5, 0.6) is 0 Å². The van der Waals surface area contributed by atoms with Gasteiger partial charge in [-0.3, -0.25) is 0 Å². The molecule has 1 heterocycles. The fourth-order valence-corrected chi connectivity index (χ4v) is 1.93. The van der Waals surface area contributed by atoms with Gasteiger partial charge < -0.3 is 14.5 Å². The lowest BCUT2D eigenvalue weighted by atomic mass is 10.3. The average Bonchev–Trinajstić information content (AvgIpc) is 2.35. The number of ether oxygens (including phenoxy) is 1. The first-order chi connectivity index (χ1) is 7.83. The van der Waals surface area contributed by atoms with E-state index >= 15 is 0 Å². The summed E-state index contributed by atoms with van der Waals surface area (Å²) in [5.41, 5.74) is 0. The molecule has 0 spiro atoms. The van der Waals surface area contributed by atoms with E-state index in [9.17, 15) is 0 Å². The molecule has 0 amide bonds. The maximum atomic E-state index is 5.40. The molecule has 0 aliphatic carbocycles. The third-order valence-corrected chi connectivity index (χ3v) is 2.86. The monoisotopic (exact) mass is 224 g/mol. The van der Waals surface area contributed by atoms with Gasteiger partial charge in [-0.15, -0.1) is 0 Å². The van der Waals surface area contributed by atoms with Crippen LogP contribution in [0.2, 0.25) is 0 Å². The largest absolute Gasteiger partial charge is 0.378 e. The lowest BCUT2D eigenvalue weighted by Gasteiger charge is -2.37. The van der Waals surface area contributed by atoms with Crippen molar-refractivity contribution in [1.29, 1.82) is 0 Å². The van der Waals surface area contributed by atoms with Crippen LogP contribution in [0, 0.1) is 0 Å². The second-order valence-corrected chi connectivity index (χ2v) is 3.82. The standard InChI is InChI=1S/C13H24N2O/c1-4-7-8-13(14(5-2)6-3)15-9-11-16-12-10-15/h4,7-8H,5-6,9-12H2,1-3H3/b7-4-,13-8+. The Labute approximate surface area is 99.4 Å². The topological polar surface area (TPSA) is 15.7 Å². The van der Waals surface area contributed by atoms with Crippen molar-refractivity contribution in [3.05, 3.63) is 24.0 Å². The van der Waals surface area contributed by atoms with E-state index in [1.807, 2.05) is 0 Å². The van der Waals surface area contributed by atoms with Crippen LogP contribution in [0.15, 0.2) is 24.0 Å². The van der Waals surface area contributed by atoms with E-state index in [1.165, 1.54) is 5.82 Å². The molecular weight excluding hydrogens is 200 g/mol. The molecule has 16 heavy (non-hydrogen) atoms. The van der Waals surface area contributed by atoms with Gasteiger partial charge in [-0.1, -0.05) is 12.2 Å². The number of hydrogen-bond acceptors (Lipinski definition) is 3. The molecule has 3 nitrogen and oxygen atoms in total. The molecule has 1 fully saturated rings. The number of allylic oxidation sites excluding steroid dienone is 3. The SMILES string of the molecule is C/C=C\C=C(/N(CC)CC)N1CCOCC1. The van der Waals surface area contributed by atoms with E-state index in [0.717, 1.165) is 39.4 Å². The molecule has 0 aromatic rings. The van der Waals surface area contributed by atoms with Crippen LogP contribution in [0.4, 0.5) is 0 Å². The number of rotatable bonds is 5. The van der Waals surface area contributed by atoms with E-state index in [2.05, 4.69) is 48.8 Å². The van der Waals surface area contributed by atoms with Crippen LogP contribution in [0.1, 0.15) is 20.8 Å². The molecule has 0 bridgehead atoms.